The lowest BCUT2D eigenvalue weighted by Crippen LogP contribution is -2.53. The maximum absolute atomic E-state index is 13.6. The minimum absolute atomic E-state index is 0.0974. The van der Waals surface area contributed by atoms with Crippen LogP contribution in [0.3, 0.4) is 0 Å². The Balaban J connectivity index is 2.28. The van der Waals surface area contributed by atoms with Crippen LogP contribution in [0.5, 0.6) is 5.75 Å². The van der Waals surface area contributed by atoms with Gasteiger partial charge in [0.15, 0.2) is 0 Å². The van der Waals surface area contributed by atoms with Crippen LogP contribution >= 0.6 is 0 Å². The number of hydrogen-bond donors (Lipinski definition) is 1. The molecule has 1 N–H and O–H groups in total. The van der Waals surface area contributed by atoms with Crippen molar-refractivity contribution in [3.8, 4) is 5.75 Å². The van der Waals surface area contributed by atoms with Gasteiger partial charge in [0, 0.05) is 25.0 Å². The van der Waals surface area contributed by atoms with E-state index in [1.165, 1.54) is 10.6 Å². The highest BCUT2D eigenvalue weighted by Gasteiger charge is 2.31. The number of rotatable bonds is 12. The highest BCUT2D eigenvalue weighted by Crippen LogP contribution is 2.23. The zero-order chi connectivity index (χ0) is 28.7. The molecule has 0 heterocycles. The predicted molar refractivity (Wildman–Crippen MR) is 153 cm³/mol. The van der Waals surface area contributed by atoms with Crippen LogP contribution in [0.4, 0.5) is 5.69 Å². The molecule has 0 aliphatic heterocycles. The number of hydrogen-bond acceptors (Lipinski definition) is 5. The van der Waals surface area contributed by atoms with Crippen LogP contribution in [0.25, 0.3) is 0 Å². The maximum Gasteiger partial charge on any atom is 0.243 e. The molecular weight excluding hydrogens is 502 g/mol. The molecule has 210 valence electrons. The third-order valence-corrected chi connectivity index (χ3v) is 7.50. The highest BCUT2D eigenvalue weighted by atomic mass is 32.2. The number of nitrogens with one attached hydrogen (secondary N) is 1. The van der Waals surface area contributed by atoms with Crippen LogP contribution < -0.4 is 14.4 Å². The second-order valence-corrected chi connectivity index (χ2v) is 12.7. The molecule has 0 aliphatic rings. The summed E-state index contributed by atoms with van der Waals surface area (Å²) in [6, 6.07) is 12.3. The number of sulfonamides is 1. The predicted octanol–water partition coefficient (Wildman–Crippen LogP) is 4.58. The lowest BCUT2D eigenvalue weighted by atomic mass is 10.0. The summed E-state index contributed by atoms with van der Waals surface area (Å²) in [6.07, 6.45) is 2.02. The molecule has 2 amide bonds. The second-order valence-electron chi connectivity index (χ2n) is 10.7. The number of amides is 2. The number of ether oxygens (including phenoxy) is 1. The van der Waals surface area contributed by atoms with Crippen molar-refractivity contribution in [1.29, 1.82) is 0 Å². The Kier molecular flexibility index (Phi) is 10.8. The first-order valence-electron chi connectivity index (χ1n) is 13.0. The molecule has 0 aromatic heterocycles. The molecule has 0 aliphatic carbocycles. The number of benzene rings is 2. The van der Waals surface area contributed by atoms with Gasteiger partial charge in [-0.1, -0.05) is 25.1 Å². The van der Waals surface area contributed by atoms with Gasteiger partial charge in [-0.2, -0.15) is 0 Å². The van der Waals surface area contributed by atoms with E-state index < -0.39 is 21.6 Å². The summed E-state index contributed by atoms with van der Waals surface area (Å²) in [4.78, 5) is 28.4. The molecule has 0 saturated heterocycles. The Hall–Kier alpha value is -3.07. The van der Waals surface area contributed by atoms with Gasteiger partial charge in [-0.3, -0.25) is 13.9 Å². The number of nitrogens with zero attached hydrogens (tertiary/aromatic N) is 2. The van der Waals surface area contributed by atoms with Crippen LogP contribution in [-0.2, 0) is 26.2 Å². The zero-order valence-corrected chi connectivity index (χ0v) is 24.8. The summed E-state index contributed by atoms with van der Waals surface area (Å²) < 4.78 is 31.8. The first-order valence-corrected chi connectivity index (χ1v) is 14.8. The van der Waals surface area contributed by atoms with Gasteiger partial charge in [-0.15, -0.1) is 0 Å². The number of carbonyl (C=O) groups excluding carboxylic acids is 2. The number of methoxy groups -OCH3 is 1. The Labute approximate surface area is 228 Å². The van der Waals surface area contributed by atoms with Crippen LogP contribution in [0.2, 0.25) is 0 Å². The van der Waals surface area contributed by atoms with Crippen molar-refractivity contribution in [2.24, 2.45) is 0 Å². The third-order valence-electron chi connectivity index (χ3n) is 6.30. The van der Waals surface area contributed by atoms with Crippen molar-refractivity contribution in [1.82, 2.24) is 10.2 Å². The van der Waals surface area contributed by atoms with E-state index >= 15 is 0 Å². The molecule has 2 rings (SSSR count). The fraction of sp³-hybridized carbons (Fsp3) is 0.517. The summed E-state index contributed by atoms with van der Waals surface area (Å²) in [7, 11) is -1.97. The molecule has 0 fully saturated rings. The van der Waals surface area contributed by atoms with Gasteiger partial charge >= 0.3 is 0 Å². The maximum atomic E-state index is 13.6. The van der Waals surface area contributed by atoms with E-state index in [0.29, 0.717) is 24.3 Å². The van der Waals surface area contributed by atoms with E-state index in [4.69, 9.17) is 4.74 Å². The van der Waals surface area contributed by atoms with E-state index in [1.54, 1.807) is 18.1 Å². The molecule has 0 radical (unpaired) electrons. The number of aryl methyl sites for hydroxylation is 2. The van der Waals surface area contributed by atoms with Gasteiger partial charge in [0.1, 0.15) is 11.8 Å². The molecule has 1 unspecified atom stereocenters. The molecule has 1 atom stereocenters. The average molecular weight is 546 g/mol. The summed E-state index contributed by atoms with van der Waals surface area (Å²) in [5, 5.41) is 2.99. The molecule has 0 saturated carbocycles. The highest BCUT2D eigenvalue weighted by molar-refractivity contribution is 7.92. The molecule has 0 bridgehead atoms. The fourth-order valence-corrected chi connectivity index (χ4v) is 5.18. The first-order chi connectivity index (χ1) is 17.7. The Morgan fingerprint density at radius 3 is 2.29 bits per heavy atom. The minimum Gasteiger partial charge on any atom is -0.497 e. The van der Waals surface area contributed by atoms with Crippen molar-refractivity contribution < 1.29 is 22.7 Å². The van der Waals surface area contributed by atoms with Gasteiger partial charge in [0.25, 0.3) is 0 Å². The van der Waals surface area contributed by atoms with Gasteiger partial charge < -0.3 is 15.0 Å². The van der Waals surface area contributed by atoms with E-state index in [0.717, 1.165) is 16.7 Å². The molecule has 38 heavy (non-hydrogen) atoms. The van der Waals surface area contributed by atoms with Crippen LogP contribution in [-0.4, -0.2) is 56.6 Å². The van der Waals surface area contributed by atoms with E-state index in [9.17, 15) is 18.0 Å². The van der Waals surface area contributed by atoms with Crippen molar-refractivity contribution in [2.45, 2.75) is 78.9 Å². The zero-order valence-electron chi connectivity index (χ0n) is 24.0. The Morgan fingerprint density at radius 2 is 1.74 bits per heavy atom. The van der Waals surface area contributed by atoms with Crippen molar-refractivity contribution in [3.05, 3.63) is 59.2 Å². The quantitative estimate of drug-likeness (QED) is 0.421. The SMILES string of the molecule is CCC(C(=O)NC(C)(C)C)N(Cc1cccc(OC)c1)C(=O)CCCN(c1ccc(C)c(C)c1)S(C)(=O)=O. The lowest BCUT2D eigenvalue weighted by Gasteiger charge is -2.33. The first kappa shape index (κ1) is 31.1. The van der Waals surface area contributed by atoms with Crippen molar-refractivity contribution in [3.63, 3.8) is 0 Å². The smallest absolute Gasteiger partial charge is 0.243 e. The second kappa shape index (κ2) is 13.1. The largest absolute Gasteiger partial charge is 0.497 e. The van der Waals surface area contributed by atoms with Gasteiger partial charge in [-0.05, 0) is 88.4 Å². The van der Waals surface area contributed by atoms with Crippen LogP contribution in [0.15, 0.2) is 42.5 Å². The molecule has 2 aromatic rings. The normalized spacial score (nSPS) is 12.5. The summed E-state index contributed by atoms with van der Waals surface area (Å²) in [5.74, 6) is 0.237. The summed E-state index contributed by atoms with van der Waals surface area (Å²) >= 11 is 0. The van der Waals surface area contributed by atoms with Gasteiger partial charge in [0.05, 0.1) is 19.1 Å². The van der Waals surface area contributed by atoms with Gasteiger partial charge in [-0.25, -0.2) is 8.42 Å². The third kappa shape index (κ3) is 9.04. The molecule has 0 spiro atoms. The summed E-state index contributed by atoms with van der Waals surface area (Å²) in [5.41, 5.74) is 3.04. The van der Waals surface area contributed by atoms with Crippen molar-refractivity contribution in [2.75, 3.05) is 24.2 Å². The number of anilines is 1. The molecule has 2 aromatic carbocycles. The van der Waals surface area contributed by atoms with Gasteiger partial charge in [0.2, 0.25) is 21.8 Å². The Morgan fingerprint density at radius 1 is 1.05 bits per heavy atom. The average Bonchev–Trinajstić information content (AvgIpc) is 2.81. The van der Waals surface area contributed by atoms with E-state index in [2.05, 4.69) is 5.32 Å². The van der Waals surface area contributed by atoms with Crippen LogP contribution in [0, 0.1) is 13.8 Å². The molecular formula is C29H43N3O5S. The van der Waals surface area contributed by atoms with E-state index in [1.807, 2.05) is 77.9 Å². The number of carbonyl (C=O) groups is 2. The topological polar surface area (TPSA) is 96.0 Å². The summed E-state index contributed by atoms with van der Waals surface area (Å²) in [6.45, 7) is 11.9. The minimum atomic E-state index is -3.55. The monoisotopic (exact) mass is 545 g/mol. The van der Waals surface area contributed by atoms with Crippen molar-refractivity contribution >= 4 is 27.5 Å². The Bertz CT molecular complexity index is 1220. The standard InChI is InChI=1S/C29H43N3O5S/c1-9-26(28(34)30-29(4,5)6)31(20-23-12-10-13-25(19-23)37-7)27(33)14-11-17-32(38(8,35)36)24-16-15-21(2)22(3)18-24/h10,12-13,15-16,18-19,26H,9,11,14,17,20H2,1-8H3,(H,30,34). The van der Waals surface area contributed by atoms with Crippen LogP contribution in [0.1, 0.15) is 63.6 Å². The lowest BCUT2D eigenvalue weighted by molar-refractivity contribution is -0.142. The fourth-order valence-electron chi connectivity index (χ4n) is 4.22. The van der Waals surface area contributed by atoms with E-state index in [-0.39, 0.29) is 31.3 Å². The molecule has 8 nitrogen and oxygen atoms in total. The molecule has 9 heteroatoms.